The molecule has 0 aliphatic rings. The first kappa shape index (κ1) is 14.3. The Hall–Kier alpha value is -2.07. The Labute approximate surface area is 122 Å². The number of rotatable bonds is 3. The van der Waals surface area contributed by atoms with E-state index in [1.807, 2.05) is 0 Å². The molecular weight excluding hydrogens is 275 g/mol. The van der Waals surface area contributed by atoms with Gasteiger partial charge in [-0.2, -0.15) is 0 Å². The van der Waals surface area contributed by atoms with Crippen LogP contribution in [0.2, 0.25) is 0 Å². The van der Waals surface area contributed by atoms with Crippen LogP contribution in [0.15, 0.2) is 53.4 Å². The fourth-order valence-corrected chi connectivity index (χ4v) is 2.15. The van der Waals surface area contributed by atoms with Gasteiger partial charge in [0, 0.05) is 4.90 Å². The summed E-state index contributed by atoms with van der Waals surface area (Å²) >= 11 is 4.19. The summed E-state index contributed by atoms with van der Waals surface area (Å²) in [6, 6.07) is 12.7. The smallest absolute Gasteiger partial charge is 0.336 e. The molecular formula is C16H13FO2S. The SMILES string of the molecule is C/C(=C(\C(=O)O)c1cccc(F)c1)c1ccc(S)cc1. The molecule has 0 bridgehead atoms. The fraction of sp³-hybridized carbons (Fsp3) is 0.0625. The molecule has 2 rings (SSSR count). The third-order valence-corrected chi connectivity index (χ3v) is 3.30. The normalized spacial score (nSPS) is 11.9. The predicted octanol–water partition coefficient (Wildman–Crippen LogP) is 4.13. The molecule has 2 aromatic rings. The monoisotopic (exact) mass is 288 g/mol. The number of carboxylic acids is 1. The lowest BCUT2D eigenvalue weighted by atomic mass is 9.96. The van der Waals surface area contributed by atoms with E-state index in [2.05, 4.69) is 12.6 Å². The number of carboxylic acid groups (broad SMARTS) is 1. The summed E-state index contributed by atoms with van der Waals surface area (Å²) in [4.78, 5) is 12.3. The van der Waals surface area contributed by atoms with Crippen LogP contribution in [0.25, 0.3) is 11.1 Å². The summed E-state index contributed by atoms with van der Waals surface area (Å²) < 4.78 is 13.3. The Morgan fingerprint density at radius 2 is 1.75 bits per heavy atom. The fourth-order valence-electron chi connectivity index (χ4n) is 2.00. The predicted molar refractivity (Wildman–Crippen MR) is 80.2 cm³/mol. The minimum absolute atomic E-state index is 0.0939. The average Bonchev–Trinajstić information content (AvgIpc) is 2.39. The van der Waals surface area contributed by atoms with Gasteiger partial charge in [-0.15, -0.1) is 12.6 Å². The highest BCUT2D eigenvalue weighted by Gasteiger charge is 2.15. The van der Waals surface area contributed by atoms with Crippen molar-refractivity contribution in [1.82, 2.24) is 0 Å². The first-order chi connectivity index (χ1) is 9.49. The van der Waals surface area contributed by atoms with Crippen molar-refractivity contribution in [2.75, 3.05) is 0 Å². The summed E-state index contributed by atoms with van der Waals surface area (Å²) in [5.41, 5.74) is 1.79. The Morgan fingerprint density at radius 1 is 1.10 bits per heavy atom. The van der Waals surface area contributed by atoms with Crippen LogP contribution in [-0.2, 0) is 4.79 Å². The molecule has 0 radical (unpaired) electrons. The summed E-state index contributed by atoms with van der Waals surface area (Å²) in [6.07, 6.45) is 0. The number of thiol groups is 1. The third-order valence-electron chi connectivity index (χ3n) is 3.00. The molecule has 2 aromatic carbocycles. The molecule has 4 heteroatoms. The molecule has 0 saturated heterocycles. The van der Waals surface area contributed by atoms with Gasteiger partial charge in [-0.1, -0.05) is 24.3 Å². The zero-order valence-corrected chi connectivity index (χ0v) is 11.7. The molecule has 0 aromatic heterocycles. The zero-order chi connectivity index (χ0) is 14.7. The van der Waals surface area contributed by atoms with E-state index in [-0.39, 0.29) is 5.57 Å². The Kier molecular flexibility index (Phi) is 4.25. The number of hydrogen-bond donors (Lipinski definition) is 2. The highest BCUT2D eigenvalue weighted by molar-refractivity contribution is 7.80. The van der Waals surface area contributed by atoms with Crippen LogP contribution < -0.4 is 0 Å². The van der Waals surface area contributed by atoms with E-state index in [1.165, 1.54) is 18.2 Å². The van der Waals surface area contributed by atoms with Crippen molar-refractivity contribution >= 4 is 29.7 Å². The lowest BCUT2D eigenvalue weighted by Crippen LogP contribution is -2.03. The first-order valence-electron chi connectivity index (χ1n) is 5.98. The Morgan fingerprint density at radius 3 is 2.30 bits per heavy atom. The summed E-state index contributed by atoms with van der Waals surface area (Å²) in [6.45, 7) is 1.71. The van der Waals surface area contributed by atoms with Gasteiger partial charge in [0.15, 0.2) is 0 Å². The maximum atomic E-state index is 13.3. The highest BCUT2D eigenvalue weighted by Crippen LogP contribution is 2.27. The highest BCUT2D eigenvalue weighted by atomic mass is 32.1. The van der Waals surface area contributed by atoms with Crippen molar-refractivity contribution in [2.24, 2.45) is 0 Å². The molecule has 0 fully saturated rings. The summed E-state index contributed by atoms with van der Waals surface area (Å²) in [7, 11) is 0. The minimum atomic E-state index is -1.08. The van der Waals surface area contributed by atoms with Crippen molar-refractivity contribution in [2.45, 2.75) is 11.8 Å². The van der Waals surface area contributed by atoms with Crippen LogP contribution in [-0.4, -0.2) is 11.1 Å². The molecule has 2 nitrogen and oxygen atoms in total. The minimum Gasteiger partial charge on any atom is -0.478 e. The van der Waals surface area contributed by atoms with Gasteiger partial charge in [-0.25, -0.2) is 9.18 Å². The molecule has 0 aliphatic heterocycles. The van der Waals surface area contributed by atoms with Gasteiger partial charge in [0.25, 0.3) is 0 Å². The molecule has 0 atom stereocenters. The molecule has 20 heavy (non-hydrogen) atoms. The van der Waals surface area contributed by atoms with Gasteiger partial charge in [-0.3, -0.25) is 0 Å². The summed E-state index contributed by atoms with van der Waals surface area (Å²) in [5.74, 6) is -1.54. The van der Waals surface area contributed by atoms with Gasteiger partial charge < -0.3 is 5.11 Å². The zero-order valence-electron chi connectivity index (χ0n) is 10.8. The second-order valence-corrected chi connectivity index (χ2v) is 4.88. The third kappa shape index (κ3) is 3.08. The van der Waals surface area contributed by atoms with Crippen LogP contribution in [0.5, 0.6) is 0 Å². The number of halogens is 1. The van der Waals surface area contributed by atoms with Gasteiger partial charge >= 0.3 is 5.97 Å². The molecule has 0 unspecified atom stereocenters. The summed E-state index contributed by atoms with van der Waals surface area (Å²) in [5, 5.41) is 9.41. The number of aliphatic carboxylic acids is 1. The standard InChI is InChI=1S/C16H13FO2S/c1-10(11-5-7-14(20)8-6-11)15(16(18)19)12-3-2-4-13(17)9-12/h2-9,20H,1H3,(H,18,19)/b15-10+. The van der Waals surface area contributed by atoms with E-state index < -0.39 is 11.8 Å². The quantitative estimate of drug-likeness (QED) is 0.506. The van der Waals surface area contributed by atoms with Gasteiger partial charge in [0.1, 0.15) is 5.82 Å². The topological polar surface area (TPSA) is 37.3 Å². The maximum absolute atomic E-state index is 13.3. The number of carbonyl (C=O) groups is 1. The molecule has 0 heterocycles. The van der Waals surface area contributed by atoms with Gasteiger partial charge in [0.2, 0.25) is 0 Å². The number of hydrogen-bond acceptors (Lipinski definition) is 2. The molecule has 0 amide bonds. The van der Waals surface area contributed by atoms with E-state index in [4.69, 9.17) is 0 Å². The van der Waals surface area contributed by atoms with Crippen molar-refractivity contribution < 1.29 is 14.3 Å². The van der Waals surface area contributed by atoms with Crippen molar-refractivity contribution in [3.63, 3.8) is 0 Å². The second-order valence-electron chi connectivity index (χ2n) is 4.36. The van der Waals surface area contributed by atoms with Crippen LogP contribution in [0.4, 0.5) is 4.39 Å². The molecule has 1 N–H and O–H groups in total. The molecule has 0 spiro atoms. The molecule has 0 aliphatic carbocycles. The van der Waals surface area contributed by atoms with Gasteiger partial charge in [0.05, 0.1) is 5.57 Å². The van der Waals surface area contributed by atoms with Gasteiger partial charge in [-0.05, 0) is 47.9 Å². The molecule has 0 saturated carbocycles. The van der Waals surface area contributed by atoms with Crippen molar-refractivity contribution in [3.8, 4) is 0 Å². The van der Waals surface area contributed by atoms with Crippen LogP contribution in [0.1, 0.15) is 18.1 Å². The second kappa shape index (κ2) is 5.92. The van der Waals surface area contributed by atoms with E-state index >= 15 is 0 Å². The first-order valence-corrected chi connectivity index (χ1v) is 6.43. The van der Waals surface area contributed by atoms with E-state index in [1.54, 1.807) is 37.3 Å². The maximum Gasteiger partial charge on any atom is 0.336 e. The van der Waals surface area contributed by atoms with E-state index in [0.29, 0.717) is 11.1 Å². The van der Waals surface area contributed by atoms with Crippen LogP contribution in [0.3, 0.4) is 0 Å². The largest absolute Gasteiger partial charge is 0.478 e. The Bertz CT molecular complexity index is 675. The number of allylic oxidation sites excluding steroid dienone is 1. The van der Waals surface area contributed by atoms with E-state index in [0.717, 1.165) is 10.5 Å². The average molecular weight is 288 g/mol. The van der Waals surface area contributed by atoms with Crippen LogP contribution >= 0.6 is 12.6 Å². The van der Waals surface area contributed by atoms with Crippen molar-refractivity contribution in [1.29, 1.82) is 0 Å². The Balaban J connectivity index is 2.59. The van der Waals surface area contributed by atoms with E-state index in [9.17, 15) is 14.3 Å². The van der Waals surface area contributed by atoms with Crippen LogP contribution in [0, 0.1) is 5.82 Å². The molecule has 102 valence electrons. The van der Waals surface area contributed by atoms with Crippen molar-refractivity contribution in [3.05, 3.63) is 65.5 Å². The lowest BCUT2D eigenvalue weighted by molar-refractivity contribution is -0.130. The lowest BCUT2D eigenvalue weighted by Gasteiger charge is -2.09. The number of benzene rings is 2.